The van der Waals surface area contributed by atoms with Crippen molar-refractivity contribution in [1.29, 1.82) is 0 Å². The molecule has 1 unspecified atom stereocenters. The third-order valence-corrected chi connectivity index (χ3v) is 3.76. The average molecular weight is 291 g/mol. The van der Waals surface area contributed by atoms with Crippen LogP contribution in [0.4, 0.5) is 5.82 Å². The summed E-state index contributed by atoms with van der Waals surface area (Å²) in [6.45, 7) is 2.94. The lowest BCUT2D eigenvalue weighted by Crippen LogP contribution is -2.22. The molecule has 1 heterocycles. The van der Waals surface area contributed by atoms with Crippen molar-refractivity contribution in [3.63, 3.8) is 0 Å². The van der Waals surface area contributed by atoms with Gasteiger partial charge in [-0.15, -0.1) is 0 Å². The monoisotopic (exact) mass is 290 g/mol. The van der Waals surface area contributed by atoms with Crippen molar-refractivity contribution in [3.8, 4) is 0 Å². The Morgan fingerprint density at radius 1 is 1.35 bits per heavy atom. The van der Waals surface area contributed by atoms with Gasteiger partial charge in [0.1, 0.15) is 5.82 Å². The number of halogens is 1. The van der Waals surface area contributed by atoms with Crippen molar-refractivity contribution in [3.05, 3.63) is 58.7 Å². The minimum atomic E-state index is 0.228. The predicted molar refractivity (Wildman–Crippen MR) is 83.4 cm³/mol. The van der Waals surface area contributed by atoms with E-state index in [4.69, 9.17) is 17.4 Å². The number of nitrogen functional groups attached to an aromatic ring is 1. The molecule has 0 spiro atoms. The number of aromatic nitrogens is 1. The van der Waals surface area contributed by atoms with Crippen molar-refractivity contribution in [2.45, 2.75) is 19.5 Å². The lowest BCUT2D eigenvalue weighted by molar-refractivity contribution is 0.253. The highest BCUT2D eigenvalue weighted by Crippen LogP contribution is 2.27. The maximum atomic E-state index is 6.25. The van der Waals surface area contributed by atoms with Gasteiger partial charge < -0.3 is 5.43 Å². The zero-order valence-electron chi connectivity index (χ0n) is 11.7. The molecule has 0 saturated heterocycles. The van der Waals surface area contributed by atoms with Gasteiger partial charge >= 0.3 is 0 Å². The number of benzene rings is 1. The Bertz CT molecular complexity index is 573. The van der Waals surface area contributed by atoms with Crippen LogP contribution in [0.2, 0.25) is 5.02 Å². The summed E-state index contributed by atoms with van der Waals surface area (Å²) in [7, 11) is 2.07. The SMILES string of the molecule is CC(c1ccccc1Cl)N(C)Cc1ccnc(NN)c1. The molecule has 0 saturated carbocycles. The van der Waals surface area contributed by atoms with E-state index in [1.807, 2.05) is 30.3 Å². The lowest BCUT2D eigenvalue weighted by atomic mass is 10.1. The molecule has 0 aliphatic heterocycles. The fraction of sp³-hybridized carbons (Fsp3) is 0.267. The highest BCUT2D eigenvalue weighted by atomic mass is 35.5. The van der Waals surface area contributed by atoms with Crippen molar-refractivity contribution in [1.82, 2.24) is 9.88 Å². The normalized spacial score (nSPS) is 12.4. The molecule has 4 nitrogen and oxygen atoms in total. The molecule has 3 N–H and O–H groups in total. The van der Waals surface area contributed by atoms with Gasteiger partial charge in [0.25, 0.3) is 0 Å². The molecule has 20 heavy (non-hydrogen) atoms. The number of anilines is 1. The van der Waals surface area contributed by atoms with Gasteiger partial charge in [-0.05, 0) is 43.3 Å². The van der Waals surface area contributed by atoms with Gasteiger partial charge in [0.05, 0.1) is 0 Å². The molecule has 0 radical (unpaired) electrons. The van der Waals surface area contributed by atoms with Crippen LogP contribution in [0, 0.1) is 0 Å². The van der Waals surface area contributed by atoms with Crippen LogP contribution >= 0.6 is 11.6 Å². The third-order valence-electron chi connectivity index (χ3n) is 3.42. The van der Waals surface area contributed by atoms with E-state index >= 15 is 0 Å². The molecule has 0 bridgehead atoms. The van der Waals surface area contributed by atoms with E-state index in [0.29, 0.717) is 5.82 Å². The predicted octanol–water partition coefficient (Wildman–Crippen LogP) is 3.21. The Morgan fingerprint density at radius 2 is 2.10 bits per heavy atom. The number of hydrazine groups is 1. The topological polar surface area (TPSA) is 54.2 Å². The van der Waals surface area contributed by atoms with Crippen molar-refractivity contribution in [2.75, 3.05) is 12.5 Å². The zero-order chi connectivity index (χ0) is 14.5. The van der Waals surface area contributed by atoms with Crippen LogP contribution in [0.15, 0.2) is 42.6 Å². The highest BCUT2D eigenvalue weighted by molar-refractivity contribution is 6.31. The molecule has 2 aromatic rings. The van der Waals surface area contributed by atoms with Crippen LogP contribution in [0.1, 0.15) is 24.1 Å². The summed E-state index contributed by atoms with van der Waals surface area (Å²) >= 11 is 6.25. The summed E-state index contributed by atoms with van der Waals surface area (Å²) in [5.74, 6) is 6.04. The summed E-state index contributed by atoms with van der Waals surface area (Å²) < 4.78 is 0. The van der Waals surface area contributed by atoms with Gasteiger partial charge in [0.2, 0.25) is 0 Å². The number of pyridine rings is 1. The molecule has 2 rings (SSSR count). The first-order chi connectivity index (χ1) is 9.61. The molecule has 0 aliphatic carbocycles. The quantitative estimate of drug-likeness (QED) is 0.656. The molecule has 5 heteroatoms. The third kappa shape index (κ3) is 3.48. The maximum Gasteiger partial charge on any atom is 0.140 e. The van der Waals surface area contributed by atoms with Crippen LogP contribution in [0.5, 0.6) is 0 Å². The van der Waals surface area contributed by atoms with E-state index in [0.717, 1.165) is 22.7 Å². The second kappa shape index (κ2) is 6.70. The largest absolute Gasteiger partial charge is 0.308 e. The minimum Gasteiger partial charge on any atom is -0.308 e. The molecular weight excluding hydrogens is 272 g/mol. The van der Waals surface area contributed by atoms with Crippen LogP contribution < -0.4 is 11.3 Å². The summed E-state index contributed by atoms with van der Waals surface area (Å²) in [5, 5.41) is 0.797. The first-order valence-electron chi connectivity index (χ1n) is 6.48. The number of hydrogen-bond acceptors (Lipinski definition) is 4. The van der Waals surface area contributed by atoms with E-state index in [9.17, 15) is 0 Å². The number of rotatable bonds is 5. The van der Waals surface area contributed by atoms with Gasteiger partial charge in [0.15, 0.2) is 0 Å². The Labute approximate surface area is 124 Å². The van der Waals surface area contributed by atoms with Crippen LogP contribution in [0.25, 0.3) is 0 Å². The molecule has 0 aliphatic rings. The Morgan fingerprint density at radius 3 is 2.80 bits per heavy atom. The molecule has 0 amide bonds. The van der Waals surface area contributed by atoms with E-state index in [1.54, 1.807) is 6.20 Å². The summed E-state index contributed by atoms with van der Waals surface area (Å²) in [4.78, 5) is 6.34. The number of hydrogen-bond donors (Lipinski definition) is 2. The second-order valence-corrected chi connectivity index (χ2v) is 5.21. The first kappa shape index (κ1) is 14.8. The highest BCUT2D eigenvalue weighted by Gasteiger charge is 2.14. The van der Waals surface area contributed by atoms with Crippen LogP contribution in [0.3, 0.4) is 0 Å². The molecule has 106 valence electrons. The smallest absolute Gasteiger partial charge is 0.140 e. The lowest BCUT2D eigenvalue weighted by Gasteiger charge is -2.26. The summed E-state index contributed by atoms with van der Waals surface area (Å²) in [5.41, 5.74) is 4.84. The standard InChI is InChI=1S/C15H19ClN4/c1-11(13-5-3-4-6-14(13)16)20(2)10-12-7-8-18-15(9-12)19-17/h3-9,11H,10,17H2,1-2H3,(H,18,19). The van der Waals surface area contributed by atoms with E-state index in [1.165, 1.54) is 0 Å². The molecule has 0 fully saturated rings. The Balaban J connectivity index is 2.11. The number of nitrogens with two attached hydrogens (primary N) is 1. The van der Waals surface area contributed by atoms with Gasteiger partial charge in [0, 0.05) is 23.8 Å². The maximum absolute atomic E-state index is 6.25. The molecule has 1 aromatic carbocycles. The molecular formula is C15H19ClN4. The van der Waals surface area contributed by atoms with Crippen molar-refractivity contribution in [2.24, 2.45) is 5.84 Å². The van der Waals surface area contributed by atoms with E-state index in [2.05, 4.69) is 35.3 Å². The minimum absolute atomic E-state index is 0.228. The molecule has 1 atom stereocenters. The Kier molecular flexibility index (Phi) is 4.95. The van der Waals surface area contributed by atoms with Crippen molar-refractivity contribution < 1.29 is 0 Å². The van der Waals surface area contributed by atoms with Gasteiger partial charge in [-0.25, -0.2) is 10.8 Å². The summed E-state index contributed by atoms with van der Waals surface area (Å²) in [6.07, 6.45) is 1.75. The van der Waals surface area contributed by atoms with Gasteiger partial charge in [-0.3, -0.25) is 4.90 Å². The van der Waals surface area contributed by atoms with E-state index in [-0.39, 0.29) is 6.04 Å². The Hall–Kier alpha value is -1.62. The van der Waals surface area contributed by atoms with Crippen LogP contribution in [-0.4, -0.2) is 16.9 Å². The van der Waals surface area contributed by atoms with E-state index < -0.39 is 0 Å². The number of nitrogens with one attached hydrogen (secondary N) is 1. The second-order valence-electron chi connectivity index (χ2n) is 4.81. The molecule has 1 aromatic heterocycles. The van der Waals surface area contributed by atoms with Crippen molar-refractivity contribution >= 4 is 17.4 Å². The fourth-order valence-electron chi connectivity index (χ4n) is 2.13. The fourth-order valence-corrected chi connectivity index (χ4v) is 2.42. The summed E-state index contributed by atoms with van der Waals surface area (Å²) in [6, 6.07) is 12.1. The van der Waals surface area contributed by atoms with Gasteiger partial charge in [-0.1, -0.05) is 29.8 Å². The first-order valence-corrected chi connectivity index (χ1v) is 6.86. The zero-order valence-corrected chi connectivity index (χ0v) is 12.4. The van der Waals surface area contributed by atoms with Crippen LogP contribution in [-0.2, 0) is 6.54 Å². The average Bonchev–Trinajstić information content (AvgIpc) is 2.47. The number of nitrogens with zero attached hydrogens (tertiary/aromatic N) is 2. The van der Waals surface area contributed by atoms with Gasteiger partial charge in [-0.2, -0.15) is 0 Å².